The van der Waals surface area contributed by atoms with E-state index in [2.05, 4.69) is 32.5 Å². The molecule has 1 aromatic heterocycles. The average Bonchev–Trinajstić information content (AvgIpc) is 3.53. The van der Waals surface area contributed by atoms with E-state index < -0.39 is 0 Å². The summed E-state index contributed by atoms with van der Waals surface area (Å²) in [5, 5.41) is 11.7. The summed E-state index contributed by atoms with van der Waals surface area (Å²) >= 11 is 0. The van der Waals surface area contributed by atoms with Gasteiger partial charge in [-0.25, -0.2) is 4.79 Å². The lowest BCUT2D eigenvalue weighted by molar-refractivity contribution is 0.194. The summed E-state index contributed by atoms with van der Waals surface area (Å²) in [4.78, 5) is 16.4. The third kappa shape index (κ3) is 3.90. The van der Waals surface area contributed by atoms with Crippen LogP contribution >= 0.6 is 0 Å². The van der Waals surface area contributed by atoms with E-state index in [1.165, 1.54) is 12.8 Å². The number of piperazine rings is 1. The molecule has 1 aliphatic carbocycles. The summed E-state index contributed by atoms with van der Waals surface area (Å²) in [7, 11) is 0. The van der Waals surface area contributed by atoms with Crippen LogP contribution in [0.5, 0.6) is 0 Å². The fraction of sp³-hybridized carbons (Fsp3) is 0.421. The van der Waals surface area contributed by atoms with Gasteiger partial charge in [-0.05, 0) is 30.5 Å². The maximum Gasteiger partial charge on any atom is 0.317 e. The molecule has 2 amide bonds. The minimum Gasteiger partial charge on any atom is -0.352 e. The van der Waals surface area contributed by atoms with E-state index in [1.807, 2.05) is 35.2 Å². The van der Waals surface area contributed by atoms with Gasteiger partial charge in [-0.15, -0.1) is 5.10 Å². The zero-order valence-electron chi connectivity index (χ0n) is 14.3. The number of nitrogens with zero attached hydrogens (tertiary/aromatic N) is 4. The molecule has 0 atom stereocenters. The van der Waals surface area contributed by atoms with Crippen molar-refractivity contribution in [1.82, 2.24) is 20.4 Å². The first-order valence-electron chi connectivity index (χ1n) is 8.95. The van der Waals surface area contributed by atoms with Crippen LogP contribution in [-0.2, 0) is 6.54 Å². The average molecular weight is 337 g/mol. The topological polar surface area (TPSA) is 61.4 Å². The normalized spacial score (nSPS) is 17.4. The van der Waals surface area contributed by atoms with Crippen LogP contribution in [0, 0.1) is 0 Å². The van der Waals surface area contributed by atoms with Gasteiger partial charge < -0.3 is 15.1 Å². The third-order valence-electron chi connectivity index (χ3n) is 4.84. The second-order valence-electron chi connectivity index (χ2n) is 6.71. The second-order valence-corrected chi connectivity index (χ2v) is 6.71. The molecule has 130 valence electrons. The van der Waals surface area contributed by atoms with Gasteiger partial charge in [0.25, 0.3) is 0 Å². The van der Waals surface area contributed by atoms with E-state index in [0.29, 0.717) is 25.6 Å². The summed E-state index contributed by atoms with van der Waals surface area (Å²) in [6.45, 7) is 3.54. The van der Waals surface area contributed by atoms with Gasteiger partial charge in [0.15, 0.2) is 5.82 Å². The smallest absolute Gasteiger partial charge is 0.317 e. The molecule has 1 aliphatic heterocycles. The summed E-state index contributed by atoms with van der Waals surface area (Å²) < 4.78 is 0. The zero-order valence-corrected chi connectivity index (χ0v) is 14.3. The van der Waals surface area contributed by atoms with Gasteiger partial charge in [0, 0.05) is 38.6 Å². The number of benzene rings is 1. The van der Waals surface area contributed by atoms with Crippen molar-refractivity contribution in [3.05, 3.63) is 53.7 Å². The summed E-state index contributed by atoms with van der Waals surface area (Å²) in [6, 6.07) is 14.1. The monoisotopic (exact) mass is 337 g/mol. The molecule has 2 heterocycles. The Morgan fingerprint density at radius 1 is 1.00 bits per heavy atom. The number of nitrogens with one attached hydrogen (secondary N) is 1. The molecular weight excluding hydrogens is 314 g/mol. The number of aromatic nitrogens is 2. The minimum atomic E-state index is -0.00123. The van der Waals surface area contributed by atoms with Gasteiger partial charge in [0.05, 0.1) is 5.69 Å². The van der Waals surface area contributed by atoms with E-state index in [0.717, 1.165) is 30.2 Å². The van der Waals surface area contributed by atoms with Crippen LogP contribution in [0.2, 0.25) is 0 Å². The second kappa shape index (κ2) is 7.09. The molecule has 0 bridgehead atoms. The van der Waals surface area contributed by atoms with Crippen LogP contribution in [0.25, 0.3) is 0 Å². The Labute approximate surface area is 147 Å². The number of carbonyl (C=O) groups is 1. The van der Waals surface area contributed by atoms with Crippen molar-refractivity contribution in [2.45, 2.75) is 25.3 Å². The van der Waals surface area contributed by atoms with Gasteiger partial charge in [0.2, 0.25) is 0 Å². The molecule has 25 heavy (non-hydrogen) atoms. The zero-order chi connectivity index (χ0) is 17.1. The van der Waals surface area contributed by atoms with E-state index in [-0.39, 0.29) is 6.03 Å². The van der Waals surface area contributed by atoms with Crippen molar-refractivity contribution in [2.75, 3.05) is 31.1 Å². The van der Waals surface area contributed by atoms with Crippen LogP contribution < -0.4 is 10.2 Å². The molecule has 0 spiro atoms. The van der Waals surface area contributed by atoms with E-state index in [9.17, 15) is 4.79 Å². The fourth-order valence-electron chi connectivity index (χ4n) is 3.13. The van der Waals surface area contributed by atoms with Gasteiger partial charge in [0.1, 0.15) is 0 Å². The third-order valence-corrected chi connectivity index (χ3v) is 4.84. The molecule has 4 rings (SSSR count). The molecule has 1 saturated carbocycles. The lowest BCUT2D eigenvalue weighted by atomic mass is 10.2. The first-order valence-corrected chi connectivity index (χ1v) is 8.95. The number of carbonyl (C=O) groups excluding carboxylic acids is 1. The Balaban J connectivity index is 1.26. The van der Waals surface area contributed by atoms with Crippen LogP contribution in [-0.4, -0.2) is 47.3 Å². The first kappa shape index (κ1) is 15.9. The molecule has 2 fully saturated rings. The van der Waals surface area contributed by atoms with Crippen LogP contribution in [0.1, 0.15) is 30.0 Å². The van der Waals surface area contributed by atoms with Crippen molar-refractivity contribution in [3.8, 4) is 0 Å². The molecule has 0 radical (unpaired) electrons. The lowest BCUT2D eigenvalue weighted by Gasteiger charge is -2.35. The van der Waals surface area contributed by atoms with Crippen LogP contribution in [0.15, 0.2) is 42.5 Å². The van der Waals surface area contributed by atoms with E-state index in [4.69, 9.17) is 0 Å². The maximum absolute atomic E-state index is 12.3. The summed E-state index contributed by atoms with van der Waals surface area (Å²) in [5.41, 5.74) is 2.23. The quantitative estimate of drug-likeness (QED) is 0.930. The molecule has 1 saturated heterocycles. The van der Waals surface area contributed by atoms with Crippen LogP contribution in [0.4, 0.5) is 10.6 Å². The van der Waals surface area contributed by atoms with Gasteiger partial charge in [-0.3, -0.25) is 0 Å². The van der Waals surface area contributed by atoms with Gasteiger partial charge in [-0.2, -0.15) is 5.10 Å². The number of urea groups is 1. The lowest BCUT2D eigenvalue weighted by Crippen LogP contribution is -2.52. The molecule has 2 aromatic rings. The largest absolute Gasteiger partial charge is 0.352 e. The Morgan fingerprint density at radius 3 is 2.40 bits per heavy atom. The predicted octanol–water partition coefficient (Wildman–Crippen LogP) is 2.39. The number of amides is 2. The standard InChI is InChI=1S/C19H23N5O/c25-19(20-14-15-4-2-1-3-5-15)24-12-10-23(11-13-24)18-9-8-17(21-22-18)16-6-7-16/h1-5,8-9,16H,6-7,10-14H2,(H,20,25). The highest BCUT2D eigenvalue weighted by Gasteiger charge is 2.26. The molecule has 6 heteroatoms. The van der Waals surface area contributed by atoms with Crippen molar-refractivity contribution in [3.63, 3.8) is 0 Å². The molecule has 0 unspecified atom stereocenters. The highest BCUT2D eigenvalue weighted by Crippen LogP contribution is 2.38. The Kier molecular flexibility index (Phi) is 4.50. The fourth-order valence-corrected chi connectivity index (χ4v) is 3.13. The first-order chi connectivity index (χ1) is 12.3. The number of hydrogen-bond donors (Lipinski definition) is 1. The number of hydrogen-bond acceptors (Lipinski definition) is 4. The SMILES string of the molecule is O=C(NCc1ccccc1)N1CCN(c2ccc(C3CC3)nn2)CC1. The van der Waals surface area contributed by atoms with Gasteiger partial charge >= 0.3 is 6.03 Å². The Hall–Kier alpha value is -2.63. The maximum atomic E-state index is 12.3. The highest BCUT2D eigenvalue weighted by molar-refractivity contribution is 5.74. The van der Waals surface area contributed by atoms with Crippen LogP contribution in [0.3, 0.4) is 0 Å². The van der Waals surface area contributed by atoms with Crippen molar-refractivity contribution >= 4 is 11.8 Å². The highest BCUT2D eigenvalue weighted by atomic mass is 16.2. The molecule has 2 aliphatic rings. The Morgan fingerprint density at radius 2 is 1.76 bits per heavy atom. The number of rotatable bonds is 4. The molecule has 6 nitrogen and oxygen atoms in total. The van der Waals surface area contributed by atoms with E-state index in [1.54, 1.807) is 0 Å². The summed E-state index contributed by atoms with van der Waals surface area (Å²) in [5.74, 6) is 1.54. The molecule has 1 aromatic carbocycles. The Bertz CT molecular complexity index is 706. The summed E-state index contributed by atoms with van der Waals surface area (Å²) in [6.07, 6.45) is 2.48. The number of anilines is 1. The van der Waals surface area contributed by atoms with Crippen molar-refractivity contribution in [1.29, 1.82) is 0 Å². The van der Waals surface area contributed by atoms with E-state index >= 15 is 0 Å². The predicted molar refractivity (Wildman–Crippen MR) is 96.5 cm³/mol. The molecular formula is C19H23N5O. The van der Waals surface area contributed by atoms with Crippen molar-refractivity contribution in [2.24, 2.45) is 0 Å². The minimum absolute atomic E-state index is 0.00123. The van der Waals surface area contributed by atoms with Crippen molar-refractivity contribution < 1.29 is 4.79 Å². The molecule has 1 N–H and O–H groups in total. The van der Waals surface area contributed by atoms with Gasteiger partial charge in [-0.1, -0.05) is 30.3 Å².